The second-order valence-electron chi connectivity index (χ2n) is 5.66. The molecule has 112 valence electrons. The first-order chi connectivity index (χ1) is 9.52. The van der Waals surface area contributed by atoms with Crippen molar-refractivity contribution < 1.29 is 9.50 Å². The Kier molecular flexibility index (Phi) is 5.00. The molecule has 0 aromatic heterocycles. The van der Waals surface area contributed by atoms with E-state index in [-0.39, 0.29) is 5.82 Å². The highest BCUT2D eigenvalue weighted by atomic mass is 19.1. The number of hydrogen-bond acceptors (Lipinski definition) is 3. The van der Waals surface area contributed by atoms with E-state index in [0.29, 0.717) is 11.6 Å². The number of benzene rings is 1. The van der Waals surface area contributed by atoms with Crippen molar-refractivity contribution in [2.24, 2.45) is 0 Å². The zero-order valence-electron chi connectivity index (χ0n) is 12.6. The lowest BCUT2D eigenvalue weighted by Gasteiger charge is -2.38. The van der Waals surface area contributed by atoms with Gasteiger partial charge in [0.05, 0.1) is 6.10 Å². The normalized spacial score (nSPS) is 19.1. The predicted molar refractivity (Wildman–Crippen MR) is 80.6 cm³/mol. The van der Waals surface area contributed by atoms with Crippen molar-refractivity contribution in [3.63, 3.8) is 0 Å². The van der Waals surface area contributed by atoms with Crippen LogP contribution in [0, 0.1) is 5.82 Å². The maximum atomic E-state index is 13.4. The zero-order valence-corrected chi connectivity index (χ0v) is 12.6. The van der Waals surface area contributed by atoms with Crippen molar-refractivity contribution in [3.8, 4) is 0 Å². The number of hydrogen-bond donors (Lipinski definition) is 1. The molecule has 0 saturated carbocycles. The Morgan fingerprint density at radius 3 is 2.60 bits per heavy atom. The van der Waals surface area contributed by atoms with E-state index in [4.69, 9.17) is 0 Å². The molecule has 1 saturated heterocycles. The van der Waals surface area contributed by atoms with Gasteiger partial charge >= 0.3 is 0 Å². The molecule has 1 aromatic rings. The minimum absolute atomic E-state index is 0.293. The smallest absolute Gasteiger partial charge is 0.123 e. The quantitative estimate of drug-likeness (QED) is 0.918. The second kappa shape index (κ2) is 6.55. The first-order valence-corrected chi connectivity index (χ1v) is 7.45. The number of aliphatic hydroxyl groups is 1. The Balaban J connectivity index is 2.15. The molecular weight excluding hydrogens is 255 g/mol. The molecule has 1 aromatic carbocycles. The maximum Gasteiger partial charge on any atom is 0.123 e. The molecule has 1 heterocycles. The standard InChI is InChI=1S/C16H25FN2O/c1-4-19-9-7-14(8-10-19)18(3)16-6-5-13(17)11-15(16)12(2)20/h5-6,11-12,14,20H,4,7-10H2,1-3H3/t12-/m0/s1. The summed E-state index contributed by atoms with van der Waals surface area (Å²) in [5.41, 5.74) is 1.61. The van der Waals surface area contributed by atoms with Crippen molar-refractivity contribution in [2.75, 3.05) is 31.6 Å². The van der Waals surface area contributed by atoms with Gasteiger partial charge in [0.2, 0.25) is 0 Å². The van der Waals surface area contributed by atoms with Crippen LogP contribution in [0.1, 0.15) is 38.4 Å². The molecule has 1 aliphatic rings. The molecule has 0 amide bonds. The molecular formula is C16H25FN2O. The van der Waals surface area contributed by atoms with E-state index >= 15 is 0 Å². The first kappa shape index (κ1) is 15.3. The summed E-state index contributed by atoms with van der Waals surface area (Å²) in [6, 6.07) is 5.15. The third-order valence-electron chi connectivity index (χ3n) is 4.37. The molecule has 2 rings (SSSR count). The number of nitrogens with zero attached hydrogens (tertiary/aromatic N) is 2. The highest BCUT2D eigenvalue weighted by Gasteiger charge is 2.24. The number of aliphatic hydroxyl groups excluding tert-OH is 1. The van der Waals surface area contributed by atoms with Gasteiger partial charge in [-0.15, -0.1) is 0 Å². The van der Waals surface area contributed by atoms with Gasteiger partial charge in [-0.3, -0.25) is 0 Å². The van der Waals surface area contributed by atoms with Crippen LogP contribution in [0.5, 0.6) is 0 Å². The summed E-state index contributed by atoms with van der Waals surface area (Å²) in [5, 5.41) is 9.85. The third-order valence-corrected chi connectivity index (χ3v) is 4.37. The fourth-order valence-electron chi connectivity index (χ4n) is 3.00. The average Bonchev–Trinajstić information content (AvgIpc) is 2.46. The minimum atomic E-state index is -0.654. The zero-order chi connectivity index (χ0) is 14.7. The van der Waals surface area contributed by atoms with Gasteiger partial charge in [-0.2, -0.15) is 0 Å². The topological polar surface area (TPSA) is 26.7 Å². The Morgan fingerprint density at radius 2 is 2.05 bits per heavy atom. The van der Waals surface area contributed by atoms with Crippen LogP contribution < -0.4 is 4.90 Å². The Labute approximate surface area is 121 Å². The van der Waals surface area contributed by atoms with Crippen LogP contribution in [0.25, 0.3) is 0 Å². The van der Waals surface area contributed by atoms with Gasteiger partial charge in [0.15, 0.2) is 0 Å². The van der Waals surface area contributed by atoms with Crippen molar-refractivity contribution in [1.29, 1.82) is 0 Å². The number of rotatable bonds is 4. The van der Waals surface area contributed by atoms with Gasteiger partial charge in [-0.1, -0.05) is 6.92 Å². The Hall–Kier alpha value is -1.13. The molecule has 1 aliphatic heterocycles. The largest absolute Gasteiger partial charge is 0.389 e. The molecule has 1 fully saturated rings. The van der Waals surface area contributed by atoms with E-state index in [0.717, 1.165) is 38.2 Å². The summed E-state index contributed by atoms with van der Waals surface area (Å²) in [5.74, 6) is -0.293. The number of halogens is 1. The lowest BCUT2D eigenvalue weighted by molar-refractivity contribution is 0.198. The average molecular weight is 280 g/mol. The van der Waals surface area contributed by atoms with Crippen molar-refractivity contribution in [1.82, 2.24) is 4.90 Å². The second-order valence-corrected chi connectivity index (χ2v) is 5.66. The molecule has 3 nitrogen and oxygen atoms in total. The summed E-state index contributed by atoms with van der Waals surface area (Å²) >= 11 is 0. The monoisotopic (exact) mass is 280 g/mol. The number of anilines is 1. The third kappa shape index (κ3) is 3.30. The Morgan fingerprint density at radius 1 is 1.40 bits per heavy atom. The van der Waals surface area contributed by atoms with E-state index in [9.17, 15) is 9.50 Å². The minimum Gasteiger partial charge on any atom is -0.389 e. The molecule has 4 heteroatoms. The SMILES string of the molecule is CCN1CCC(N(C)c2ccc(F)cc2[C@H](C)O)CC1. The summed E-state index contributed by atoms with van der Waals surface area (Å²) in [6.07, 6.45) is 1.57. The van der Waals surface area contributed by atoms with Crippen LogP contribution in [0.15, 0.2) is 18.2 Å². The van der Waals surface area contributed by atoms with E-state index in [1.165, 1.54) is 12.1 Å². The molecule has 1 atom stereocenters. The lowest BCUT2D eigenvalue weighted by Crippen LogP contribution is -2.43. The van der Waals surface area contributed by atoms with Gasteiger partial charge in [0.25, 0.3) is 0 Å². The van der Waals surface area contributed by atoms with Gasteiger partial charge in [-0.25, -0.2) is 4.39 Å². The van der Waals surface area contributed by atoms with Crippen LogP contribution in [-0.4, -0.2) is 42.7 Å². The maximum absolute atomic E-state index is 13.4. The van der Waals surface area contributed by atoms with Crippen LogP contribution in [0.3, 0.4) is 0 Å². The van der Waals surface area contributed by atoms with Gasteiger partial charge < -0.3 is 14.9 Å². The van der Waals surface area contributed by atoms with E-state index in [1.54, 1.807) is 13.0 Å². The molecule has 0 unspecified atom stereocenters. The van der Waals surface area contributed by atoms with E-state index in [2.05, 4.69) is 16.7 Å². The summed E-state index contributed by atoms with van der Waals surface area (Å²) < 4.78 is 13.4. The molecule has 0 bridgehead atoms. The van der Waals surface area contributed by atoms with Crippen LogP contribution in [-0.2, 0) is 0 Å². The molecule has 0 radical (unpaired) electrons. The van der Waals surface area contributed by atoms with Crippen molar-refractivity contribution in [3.05, 3.63) is 29.6 Å². The van der Waals surface area contributed by atoms with E-state index in [1.807, 2.05) is 7.05 Å². The van der Waals surface area contributed by atoms with Gasteiger partial charge in [-0.05, 0) is 44.5 Å². The van der Waals surface area contributed by atoms with Crippen LogP contribution >= 0.6 is 0 Å². The molecule has 0 aliphatic carbocycles. The fraction of sp³-hybridized carbons (Fsp3) is 0.625. The fourth-order valence-corrected chi connectivity index (χ4v) is 3.00. The number of piperidine rings is 1. The predicted octanol–water partition coefficient (Wildman–Crippen LogP) is 2.80. The highest BCUT2D eigenvalue weighted by Crippen LogP contribution is 2.30. The van der Waals surface area contributed by atoms with Crippen LogP contribution in [0.2, 0.25) is 0 Å². The van der Waals surface area contributed by atoms with Gasteiger partial charge in [0, 0.05) is 37.4 Å². The highest BCUT2D eigenvalue weighted by molar-refractivity contribution is 5.55. The summed E-state index contributed by atoms with van der Waals surface area (Å²) in [7, 11) is 2.05. The van der Waals surface area contributed by atoms with Crippen LogP contribution in [0.4, 0.5) is 10.1 Å². The van der Waals surface area contributed by atoms with E-state index < -0.39 is 6.10 Å². The van der Waals surface area contributed by atoms with Crippen molar-refractivity contribution >= 4 is 5.69 Å². The Bertz CT molecular complexity index is 442. The summed E-state index contributed by atoms with van der Waals surface area (Å²) in [6.45, 7) is 7.20. The van der Waals surface area contributed by atoms with Crippen molar-refractivity contribution in [2.45, 2.75) is 38.8 Å². The summed E-state index contributed by atoms with van der Waals surface area (Å²) in [4.78, 5) is 4.65. The molecule has 0 spiro atoms. The van der Waals surface area contributed by atoms with Gasteiger partial charge in [0.1, 0.15) is 5.82 Å². The molecule has 20 heavy (non-hydrogen) atoms. The number of likely N-dealkylation sites (tertiary alicyclic amines) is 1. The lowest BCUT2D eigenvalue weighted by atomic mass is 10.0. The first-order valence-electron chi connectivity index (χ1n) is 7.45. The molecule has 1 N–H and O–H groups in total.